The van der Waals surface area contributed by atoms with Gasteiger partial charge in [-0.3, -0.25) is 4.79 Å². The Hall–Kier alpha value is -0.590. The third-order valence-corrected chi connectivity index (χ3v) is 4.12. The first-order valence-corrected chi connectivity index (χ1v) is 5.68. The molecule has 0 bridgehead atoms. The van der Waals surface area contributed by atoms with Crippen LogP contribution in [0, 0.1) is 17.3 Å². The fourth-order valence-corrected chi connectivity index (χ4v) is 3.68. The number of carbonyl (C=O) groups is 1. The van der Waals surface area contributed by atoms with Gasteiger partial charge in [-0.25, -0.2) is 0 Å². The van der Waals surface area contributed by atoms with Crippen LogP contribution in [0.2, 0.25) is 0 Å². The van der Waals surface area contributed by atoms with Crippen molar-refractivity contribution in [2.45, 2.75) is 47.0 Å². The maximum atomic E-state index is 11.7. The van der Waals surface area contributed by atoms with E-state index in [1.54, 1.807) is 0 Å². The molecule has 1 nitrogen and oxygen atoms in total. The van der Waals surface area contributed by atoms with Gasteiger partial charge in [0.2, 0.25) is 0 Å². The number of ketones is 1. The van der Waals surface area contributed by atoms with Crippen LogP contribution in [0.4, 0.5) is 0 Å². The topological polar surface area (TPSA) is 17.1 Å². The van der Waals surface area contributed by atoms with Crippen LogP contribution in [0.15, 0.2) is 11.1 Å². The second-order valence-corrected chi connectivity index (χ2v) is 5.67. The van der Waals surface area contributed by atoms with Gasteiger partial charge in [0.05, 0.1) is 0 Å². The van der Waals surface area contributed by atoms with Crippen molar-refractivity contribution < 1.29 is 4.79 Å². The van der Waals surface area contributed by atoms with Crippen LogP contribution in [0.5, 0.6) is 0 Å². The lowest BCUT2D eigenvalue weighted by Crippen LogP contribution is -2.22. The van der Waals surface area contributed by atoms with E-state index in [1.165, 1.54) is 12.0 Å². The van der Waals surface area contributed by atoms with E-state index in [-0.39, 0.29) is 5.41 Å². The van der Waals surface area contributed by atoms with Crippen molar-refractivity contribution in [1.29, 1.82) is 0 Å². The van der Waals surface area contributed by atoms with Crippen molar-refractivity contribution in [3.8, 4) is 0 Å². The highest BCUT2D eigenvalue weighted by atomic mass is 16.1. The molecule has 0 radical (unpaired) electrons. The van der Waals surface area contributed by atoms with E-state index in [0.29, 0.717) is 11.7 Å². The highest BCUT2D eigenvalue weighted by Gasteiger charge is 2.44. The van der Waals surface area contributed by atoms with Crippen molar-refractivity contribution in [3.63, 3.8) is 0 Å². The molecule has 2 atom stereocenters. The summed E-state index contributed by atoms with van der Waals surface area (Å²) in [6.07, 6.45) is 3.12. The Balaban J connectivity index is 2.50. The van der Waals surface area contributed by atoms with Gasteiger partial charge in [0.1, 0.15) is 0 Å². The normalized spacial score (nSPS) is 36.1. The summed E-state index contributed by atoms with van der Waals surface area (Å²) in [6.45, 7) is 8.95. The van der Waals surface area contributed by atoms with Gasteiger partial charge in [-0.1, -0.05) is 26.3 Å². The average molecular weight is 192 g/mol. The molecule has 78 valence electrons. The van der Waals surface area contributed by atoms with Crippen LogP contribution >= 0.6 is 0 Å². The minimum atomic E-state index is 0.268. The molecule has 1 heteroatoms. The Morgan fingerprint density at radius 1 is 1.36 bits per heavy atom. The minimum Gasteiger partial charge on any atom is -0.295 e. The maximum Gasteiger partial charge on any atom is 0.158 e. The third kappa shape index (κ3) is 1.25. The van der Waals surface area contributed by atoms with Gasteiger partial charge >= 0.3 is 0 Å². The SMILES string of the molecule is CC1=C2C(CCC1=O)C(C)CC2(C)C. The Bertz CT molecular complexity index is 309. The van der Waals surface area contributed by atoms with Crippen LogP contribution in [-0.4, -0.2) is 5.78 Å². The lowest BCUT2D eigenvalue weighted by atomic mass is 9.75. The summed E-state index contributed by atoms with van der Waals surface area (Å²) < 4.78 is 0. The summed E-state index contributed by atoms with van der Waals surface area (Å²) in [6, 6.07) is 0. The molecular weight excluding hydrogens is 172 g/mol. The maximum absolute atomic E-state index is 11.7. The van der Waals surface area contributed by atoms with Gasteiger partial charge in [0.25, 0.3) is 0 Å². The van der Waals surface area contributed by atoms with Gasteiger partial charge in [0, 0.05) is 6.42 Å². The van der Waals surface area contributed by atoms with E-state index >= 15 is 0 Å². The number of Topliss-reactive ketones (excluding diaryl/α,β-unsaturated/α-hetero) is 1. The first-order chi connectivity index (χ1) is 6.43. The van der Waals surface area contributed by atoms with Gasteiger partial charge in [-0.05, 0) is 42.6 Å². The lowest BCUT2D eigenvalue weighted by Gasteiger charge is -2.29. The smallest absolute Gasteiger partial charge is 0.158 e. The fourth-order valence-electron chi connectivity index (χ4n) is 3.68. The lowest BCUT2D eigenvalue weighted by molar-refractivity contribution is -0.116. The molecule has 2 unspecified atom stereocenters. The first kappa shape index (κ1) is 9.95. The largest absolute Gasteiger partial charge is 0.295 e. The molecule has 14 heavy (non-hydrogen) atoms. The van der Waals surface area contributed by atoms with Crippen LogP contribution in [0.25, 0.3) is 0 Å². The third-order valence-electron chi connectivity index (χ3n) is 4.12. The van der Waals surface area contributed by atoms with Crippen LogP contribution in [-0.2, 0) is 4.79 Å². The second-order valence-electron chi connectivity index (χ2n) is 5.67. The van der Waals surface area contributed by atoms with E-state index in [4.69, 9.17) is 0 Å². The molecule has 0 aliphatic heterocycles. The molecule has 0 aromatic carbocycles. The van der Waals surface area contributed by atoms with Crippen LogP contribution in [0.3, 0.4) is 0 Å². The number of hydrogen-bond acceptors (Lipinski definition) is 1. The Labute approximate surface area is 86.6 Å². The number of carbonyl (C=O) groups excluding carboxylic acids is 1. The summed E-state index contributed by atoms with van der Waals surface area (Å²) in [5, 5.41) is 0. The Morgan fingerprint density at radius 2 is 2.00 bits per heavy atom. The zero-order valence-electron chi connectivity index (χ0n) is 9.68. The zero-order valence-corrected chi connectivity index (χ0v) is 9.68. The van der Waals surface area contributed by atoms with E-state index < -0.39 is 0 Å². The molecule has 0 amide bonds. The van der Waals surface area contributed by atoms with E-state index in [1.807, 2.05) is 6.92 Å². The molecule has 0 N–H and O–H groups in total. The van der Waals surface area contributed by atoms with E-state index in [0.717, 1.165) is 24.3 Å². The van der Waals surface area contributed by atoms with Crippen molar-refractivity contribution in [3.05, 3.63) is 11.1 Å². The number of allylic oxidation sites excluding steroid dienone is 2. The van der Waals surface area contributed by atoms with Crippen molar-refractivity contribution >= 4 is 5.78 Å². The van der Waals surface area contributed by atoms with Gasteiger partial charge in [-0.15, -0.1) is 0 Å². The predicted molar refractivity (Wildman–Crippen MR) is 58.0 cm³/mol. The number of fused-ring (bicyclic) bond motifs is 1. The Morgan fingerprint density at radius 3 is 2.64 bits per heavy atom. The molecule has 0 spiro atoms. The summed E-state index contributed by atoms with van der Waals surface area (Å²) in [5.74, 6) is 1.85. The number of hydrogen-bond donors (Lipinski definition) is 0. The Kier molecular flexibility index (Phi) is 2.09. The predicted octanol–water partition coefficient (Wildman–Crippen LogP) is 3.35. The standard InChI is InChI=1S/C13H20O/c1-8-7-13(3,4)12-9(2)11(14)6-5-10(8)12/h8,10H,5-7H2,1-4H3. The number of rotatable bonds is 0. The van der Waals surface area contributed by atoms with Crippen molar-refractivity contribution in [1.82, 2.24) is 0 Å². The minimum absolute atomic E-state index is 0.268. The quantitative estimate of drug-likeness (QED) is 0.575. The van der Waals surface area contributed by atoms with Gasteiger partial charge in [0.15, 0.2) is 5.78 Å². The molecule has 0 aromatic heterocycles. The van der Waals surface area contributed by atoms with Gasteiger partial charge in [-0.2, -0.15) is 0 Å². The average Bonchev–Trinajstić information content (AvgIpc) is 2.29. The first-order valence-electron chi connectivity index (χ1n) is 5.68. The van der Waals surface area contributed by atoms with E-state index in [9.17, 15) is 4.79 Å². The molecule has 1 saturated carbocycles. The highest BCUT2D eigenvalue weighted by molar-refractivity contribution is 5.96. The monoisotopic (exact) mass is 192 g/mol. The molecule has 0 heterocycles. The summed E-state index contributed by atoms with van der Waals surface area (Å²) in [7, 11) is 0. The molecular formula is C13H20O. The molecule has 2 aliphatic carbocycles. The molecule has 0 aromatic rings. The molecule has 2 aliphatic rings. The molecule has 1 fully saturated rings. The molecule has 0 saturated heterocycles. The second kappa shape index (κ2) is 2.95. The fraction of sp³-hybridized carbons (Fsp3) is 0.769. The van der Waals surface area contributed by atoms with Crippen LogP contribution in [0.1, 0.15) is 47.0 Å². The summed E-state index contributed by atoms with van der Waals surface area (Å²) in [4.78, 5) is 11.7. The molecule has 2 rings (SSSR count). The van der Waals surface area contributed by atoms with Crippen molar-refractivity contribution in [2.75, 3.05) is 0 Å². The van der Waals surface area contributed by atoms with Crippen molar-refractivity contribution in [2.24, 2.45) is 17.3 Å². The highest BCUT2D eigenvalue weighted by Crippen LogP contribution is 2.54. The summed E-state index contributed by atoms with van der Waals surface area (Å²) in [5.41, 5.74) is 2.82. The zero-order chi connectivity index (χ0) is 10.5. The summed E-state index contributed by atoms with van der Waals surface area (Å²) >= 11 is 0. The van der Waals surface area contributed by atoms with Gasteiger partial charge < -0.3 is 0 Å². The van der Waals surface area contributed by atoms with Crippen LogP contribution < -0.4 is 0 Å². The van der Waals surface area contributed by atoms with E-state index in [2.05, 4.69) is 20.8 Å².